The van der Waals surface area contributed by atoms with E-state index in [9.17, 15) is 0 Å². The monoisotopic (exact) mass is 264 g/mol. The topological polar surface area (TPSA) is 98.0 Å². The fourth-order valence-corrected chi connectivity index (χ4v) is 1.38. The molecule has 0 radical (unpaired) electrons. The first-order valence-corrected chi connectivity index (χ1v) is 5.93. The third-order valence-electron chi connectivity index (χ3n) is 2.18. The Bertz CT molecular complexity index is 542. The Morgan fingerprint density at radius 1 is 1.26 bits per heavy atom. The molecular formula is C11H16N6O2. The van der Waals surface area contributed by atoms with Crippen molar-refractivity contribution < 1.29 is 9.15 Å². The summed E-state index contributed by atoms with van der Waals surface area (Å²) in [5, 5.41) is 5.86. The van der Waals surface area contributed by atoms with E-state index in [0.29, 0.717) is 30.9 Å². The average molecular weight is 264 g/mol. The average Bonchev–Trinajstić information content (AvgIpc) is 2.82. The van der Waals surface area contributed by atoms with Gasteiger partial charge < -0.3 is 19.8 Å². The Hall–Kier alpha value is -2.38. The van der Waals surface area contributed by atoms with Crippen LogP contribution in [0.25, 0.3) is 0 Å². The molecule has 2 N–H and O–H groups in total. The van der Waals surface area contributed by atoms with E-state index in [0.717, 1.165) is 5.76 Å². The van der Waals surface area contributed by atoms with E-state index < -0.39 is 0 Å². The summed E-state index contributed by atoms with van der Waals surface area (Å²) in [6.45, 7) is 4.59. The van der Waals surface area contributed by atoms with Gasteiger partial charge in [0.05, 0.1) is 19.3 Å². The first-order chi connectivity index (χ1) is 9.21. The molecule has 2 heterocycles. The molecule has 0 aliphatic rings. The van der Waals surface area contributed by atoms with Crippen molar-refractivity contribution in [2.45, 2.75) is 20.4 Å². The van der Waals surface area contributed by atoms with Gasteiger partial charge in [0, 0.05) is 7.05 Å². The van der Waals surface area contributed by atoms with Gasteiger partial charge in [-0.2, -0.15) is 15.0 Å². The Morgan fingerprint density at radius 2 is 2.05 bits per heavy atom. The SMILES string of the molecule is CCOc1nc(NC)nc(NCc2ncc(C)o2)n1. The van der Waals surface area contributed by atoms with Crippen molar-refractivity contribution in [3.63, 3.8) is 0 Å². The standard InChI is InChI=1S/C11H16N6O2/c1-4-18-11-16-9(12-3)15-10(17-11)14-6-8-13-5-7(2)19-8/h5H,4,6H2,1-3H3,(H2,12,14,15,16,17). The zero-order chi connectivity index (χ0) is 13.7. The van der Waals surface area contributed by atoms with Gasteiger partial charge in [-0.3, -0.25) is 0 Å². The summed E-state index contributed by atoms with van der Waals surface area (Å²) in [4.78, 5) is 16.4. The van der Waals surface area contributed by atoms with Crippen LogP contribution in [0.3, 0.4) is 0 Å². The summed E-state index contributed by atoms with van der Waals surface area (Å²) in [5.41, 5.74) is 0. The van der Waals surface area contributed by atoms with Gasteiger partial charge in [-0.15, -0.1) is 0 Å². The second kappa shape index (κ2) is 5.98. The summed E-state index contributed by atoms with van der Waals surface area (Å²) in [5.74, 6) is 2.17. The van der Waals surface area contributed by atoms with Crippen LogP contribution in [0.5, 0.6) is 6.01 Å². The Labute approximate surface area is 110 Å². The van der Waals surface area contributed by atoms with E-state index in [4.69, 9.17) is 9.15 Å². The lowest BCUT2D eigenvalue weighted by Crippen LogP contribution is -2.09. The number of hydrogen-bond donors (Lipinski definition) is 2. The van der Waals surface area contributed by atoms with Crippen molar-refractivity contribution in [1.29, 1.82) is 0 Å². The molecular weight excluding hydrogens is 248 g/mol. The van der Waals surface area contributed by atoms with Gasteiger partial charge in [0.2, 0.25) is 17.8 Å². The van der Waals surface area contributed by atoms with Crippen molar-refractivity contribution in [2.75, 3.05) is 24.3 Å². The predicted octanol–water partition coefficient (Wildman–Crippen LogP) is 1.22. The predicted molar refractivity (Wildman–Crippen MR) is 69.1 cm³/mol. The molecule has 0 atom stereocenters. The fraction of sp³-hybridized carbons (Fsp3) is 0.455. The zero-order valence-electron chi connectivity index (χ0n) is 11.1. The molecule has 0 saturated carbocycles. The molecule has 19 heavy (non-hydrogen) atoms. The third-order valence-corrected chi connectivity index (χ3v) is 2.18. The highest BCUT2D eigenvalue weighted by Gasteiger charge is 2.07. The minimum Gasteiger partial charge on any atom is -0.464 e. The Morgan fingerprint density at radius 3 is 2.68 bits per heavy atom. The summed E-state index contributed by atoms with van der Waals surface area (Å²) in [6, 6.07) is 0.271. The number of hydrogen-bond acceptors (Lipinski definition) is 8. The maximum atomic E-state index is 5.35. The lowest BCUT2D eigenvalue weighted by atomic mass is 10.6. The van der Waals surface area contributed by atoms with Crippen LogP contribution in [-0.4, -0.2) is 33.6 Å². The van der Waals surface area contributed by atoms with Gasteiger partial charge in [0.25, 0.3) is 0 Å². The second-order valence-electron chi connectivity index (χ2n) is 3.67. The molecule has 0 fully saturated rings. The van der Waals surface area contributed by atoms with E-state index in [-0.39, 0.29) is 6.01 Å². The summed E-state index contributed by atoms with van der Waals surface area (Å²) < 4.78 is 10.6. The Balaban J connectivity index is 2.08. The minimum atomic E-state index is 0.271. The molecule has 8 heteroatoms. The summed E-state index contributed by atoms with van der Waals surface area (Å²) >= 11 is 0. The largest absolute Gasteiger partial charge is 0.464 e. The van der Waals surface area contributed by atoms with Crippen LogP contribution in [-0.2, 0) is 6.54 Å². The zero-order valence-corrected chi connectivity index (χ0v) is 11.1. The number of ether oxygens (including phenoxy) is 1. The van der Waals surface area contributed by atoms with Gasteiger partial charge in [0.15, 0.2) is 0 Å². The van der Waals surface area contributed by atoms with Crippen molar-refractivity contribution in [1.82, 2.24) is 19.9 Å². The molecule has 0 spiro atoms. The highest BCUT2D eigenvalue weighted by atomic mass is 16.5. The molecule has 2 aromatic rings. The van der Waals surface area contributed by atoms with Crippen LogP contribution >= 0.6 is 0 Å². The van der Waals surface area contributed by atoms with Crippen LogP contribution in [0.15, 0.2) is 10.6 Å². The molecule has 8 nitrogen and oxygen atoms in total. The van der Waals surface area contributed by atoms with Gasteiger partial charge in [-0.1, -0.05) is 0 Å². The highest BCUT2D eigenvalue weighted by molar-refractivity contribution is 5.35. The lowest BCUT2D eigenvalue weighted by Gasteiger charge is -2.07. The number of nitrogens with zero attached hydrogens (tertiary/aromatic N) is 4. The van der Waals surface area contributed by atoms with Gasteiger partial charge >= 0.3 is 6.01 Å². The van der Waals surface area contributed by atoms with Crippen LogP contribution < -0.4 is 15.4 Å². The lowest BCUT2D eigenvalue weighted by molar-refractivity contribution is 0.312. The molecule has 0 saturated heterocycles. The van der Waals surface area contributed by atoms with Crippen molar-refractivity contribution in [3.8, 4) is 6.01 Å². The molecule has 0 unspecified atom stereocenters. The van der Waals surface area contributed by atoms with Crippen LogP contribution in [0, 0.1) is 6.92 Å². The van der Waals surface area contributed by atoms with E-state index in [1.54, 1.807) is 13.2 Å². The Kier molecular flexibility index (Phi) is 4.11. The molecule has 0 bridgehead atoms. The van der Waals surface area contributed by atoms with E-state index in [2.05, 4.69) is 30.6 Å². The third kappa shape index (κ3) is 3.54. The number of oxazole rings is 1. The van der Waals surface area contributed by atoms with Crippen LogP contribution in [0.1, 0.15) is 18.6 Å². The highest BCUT2D eigenvalue weighted by Crippen LogP contribution is 2.12. The number of anilines is 2. The normalized spacial score (nSPS) is 10.3. The number of nitrogens with one attached hydrogen (secondary N) is 2. The molecule has 2 rings (SSSR count). The minimum absolute atomic E-state index is 0.271. The second-order valence-corrected chi connectivity index (χ2v) is 3.67. The molecule has 0 amide bonds. The fourth-order valence-electron chi connectivity index (χ4n) is 1.38. The molecule has 0 aromatic carbocycles. The maximum absolute atomic E-state index is 5.35. The smallest absolute Gasteiger partial charge is 0.323 e. The van der Waals surface area contributed by atoms with Crippen LogP contribution in [0.4, 0.5) is 11.9 Å². The molecule has 0 aliphatic carbocycles. The molecule has 2 aromatic heterocycles. The van der Waals surface area contributed by atoms with Crippen molar-refractivity contribution in [3.05, 3.63) is 17.8 Å². The van der Waals surface area contributed by atoms with Gasteiger partial charge in [-0.05, 0) is 13.8 Å². The van der Waals surface area contributed by atoms with Crippen LogP contribution in [0.2, 0.25) is 0 Å². The van der Waals surface area contributed by atoms with E-state index >= 15 is 0 Å². The van der Waals surface area contributed by atoms with Crippen molar-refractivity contribution in [2.24, 2.45) is 0 Å². The number of aryl methyl sites for hydroxylation is 1. The van der Waals surface area contributed by atoms with E-state index in [1.807, 2.05) is 13.8 Å². The summed E-state index contributed by atoms with van der Waals surface area (Å²) in [6.07, 6.45) is 1.66. The number of aromatic nitrogens is 4. The quantitative estimate of drug-likeness (QED) is 0.803. The van der Waals surface area contributed by atoms with Crippen molar-refractivity contribution >= 4 is 11.9 Å². The van der Waals surface area contributed by atoms with Gasteiger partial charge in [-0.25, -0.2) is 4.98 Å². The maximum Gasteiger partial charge on any atom is 0.323 e. The molecule has 102 valence electrons. The van der Waals surface area contributed by atoms with E-state index in [1.165, 1.54) is 0 Å². The summed E-state index contributed by atoms with van der Waals surface area (Å²) in [7, 11) is 1.73. The van der Waals surface area contributed by atoms with Gasteiger partial charge in [0.1, 0.15) is 5.76 Å². The first kappa shape index (κ1) is 13.1. The molecule has 0 aliphatic heterocycles. The number of rotatable bonds is 6. The first-order valence-electron chi connectivity index (χ1n) is 5.93.